The van der Waals surface area contributed by atoms with Gasteiger partial charge in [0.05, 0.1) is 34.1 Å². The van der Waals surface area contributed by atoms with E-state index in [0.717, 1.165) is 36.9 Å². The van der Waals surface area contributed by atoms with Gasteiger partial charge in [0.15, 0.2) is 11.5 Å². The number of nitrogens with one attached hydrogen (secondary N) is 1. The summed E-state index contributed by atoms with van der Waals surface area (Å²) >= 11 is 6.12. The number of hydrogen-bond donors (Lipinski definition) is 2. The molecule has 3 aliphatic rings. The largest absolute Gasteiger partial charge is 0.505 e. The number of aromatic hydroxyl groups is 1. The number of nitrogens with zero attached hydrogens (tertiary/aromatic N) is 7. The van der Waals surface area contributed by atoms with Gasteiger partial charge < -0.3 is 24.6 Å². The lowest BCUT2D eigenvalue weighted by Gasteiger charge is -2.38. The van der Waals surface area contributed by atoms with Crippen LogP contribution in [0.5, 0.6) is 5.75 Å². The summed E-state index contributed by atoms with van der Waals surface area (Å²) in [6.07, 6.45) is -0.0317. The molecule has 0 unspecified atom stereocenters. The molecule has 7 rings (SSSR count). The maximum Gasteiger partial charge on any atom is 0.416 e. The fraction of sp³-hybridized carbons (Fsp3) is 0.394. The molecule has 6 heterocycles. The average Bonchev–Trinajstić information content (AvgIpc) is 3.71. The summed E-state index contributed by atoms with van der Waals surface area (Å²) in [6.45, 7) is 4.40. The van der Waals surface area contributed by atoms with Gasteiger partial charge in [-0.15, -0.1) is 5.10 Å². The first-order valence-corrected chi connectivity index (χ1v) is 16.4. The fourth-order valence-corrected chi connectivity index (χ4v) is 7.02. The van der Waals surface area contributed by atoms with Gasteiger partial charge in [-0.1, -0.05) is 24.6 Å². The number of ether oxygens (including phenoxy) is 1. The average molecular weight is 713 g/mol. The zero-order chi connectivity index (χ0) is 35.4. The van der Waals surface area contributed by atoms with Crippen molar-refractivity contribution < 1.29 is 32.6 Å². The molecule has 262 valence electrons. The molecule has 0 aliphatic carbocycles. The van der Waals surface area contributed by atoms with Gasteiger partial charge in [-0.05, 0) is 61.7 Å². The van der Waals surface area contributed by atoms with Gasteiger partial charge in [0.1, 0.15) is 17.9 Å². The molecule has 1 fully saturated rings. The summed E-state index contributed by atoms with van der Waals surface area (Å²) in [6, 6.07) is 5.54. The predicted molar refractivity (Wildman–Crippen MR) is 175 cm³/mol. The van der Waals surface area contributed by atoms with Crippen molar-refractivity contribution in [3.63, 3.8) is 0 Å². The highest BCUT2D eigenvalue weighted by Crippen LogP contribution is 2.43. The lowest BCUT2D eigenvalue weighted by Crippen LogP contribution is -2.47. The number of halogens is 4. The highest BCUT2D eigenvalue weighted by Gasteiger charge is 2.48. The van der Waals surface area contributed by atoms with Crippen LogP contribution in [0.3, 0.4) is 0 Å². The molecule has 4 aromatic rings. The number of carbonyl (C=O) groups excluding carboxylic acids is 2. The van der Waals surface area contributed by atoms with Crippen LogP contribution in [0.4, 0.5) is 18.9 Å². The second kappa shape index (κ2) is 12.8. The van der Waals surface area contributed by atoms with Crippen LogP contribution in [-0.4, -0.2) is 83.6 Å². The number of alkyl halides is 3. The summed E-state index contributed by atoms with van der Waals surface area (Å²) in [5.41, 5.74) is -1.04. The van der Waals surface area contributed by atoms with Crippen molar-refractivity contribution in [2.24, 2.45) is 0 Å². The van der Waals surface area contributed by atoms with Gasteiger partial charge in [0.25, 0.3) is 11.5 Å². The van der Waals surface area contributed by atoms with E-state index in [-0.39, 0.29) is 67.0 Å². The number of fused-ring (bicyclic) bond motifs is 3. The summed E-state index contributed by atoms with van der Waals surface area (Å²) in [7, 11) is 0. The molecule has 3 aromatic heterocycles. The first-order valence-electron chi connectivity index (χ1n) is 16.1. The molecule has 1 aromatic carbocycles. The Morgan fingerprint density at radius 2 is 1.94 bits per heavy atom. The van der Waals surface area contributed by atoms with Gasteiger partial charge in [0, 0.05) is 32.4 Å². The number of likely N-dealkylation sites (N-methyl/N-ethyl adjacent to an activating group) is 1. The number of pyridine rings is 1. The smallest absolute Gasteiger partial charge is 0.416 e. The van der Waals surface area contributed by atoms with Gasteiger partial charge in [-0.2, -0.15) is 22.7 Å². The molecule has 3 aliphatic heterocycles. The van der Waals surface area contributed by atoms with Crippen LogP contribution in [-0.2, 0) is 34.5 Å². The molecule has 2 amide bonds. The minimum atomic E-state index is -4.61. The van der Waals surface area contributed by atoms with Crippen LogP contribution in [0.15, 0.2) is 47.4 Å². The number of likely N-dealkylation sites (tertiary alicyclic amines) is 1. The second-order valence-corrected chi connectivity index (χ2v) is 12.8. The number of benzene rings is 1. The number of piperidine rings is 1. The van der Waals surface area contributed by atoms with E-state index in [1.165, 1.54) is 27.7 Å². The predicted octanol–water partition coefficient (Wildman–Crippen LogP) is 4.07. The number of rotatable bonds is 6. The Labute approximate surface area is 287 Å². The minimum Gasteiger partial charge on any atom is -0.505 e. The van der Waals surface area contributed by atoms with Crippen molar-refractivity contribution in [2.45, 2.75) is 51.1 Å². The van der Waals surface area contributed by atoms with Crippen molar-refractivity contribution in [1.29, 1.82) is 0 Å². The molecular weight excluding hydrogens is 681 g/mol. The van der Waals surface area contributed by atoms with E-state index in [0.29, 0.717) is 30.0 Å². The maximum atomic E-state index is 14.3. The van der Waals surface area contributed by atoms with E-state index < -0.39 is 34.7 Å². The first kappa shape index (κ1) is 33.7. The van der Waals surface area contributed by atoms with E-state index >= 15 is 0 Å². The minimum absolute atomic E-state index is 0.0166. The van der Waals surface area contributed by atoms with Crippen LogP contribution < -0.4 is 10.9 Å². The Balaban J connectivity index is 1.24. The SMILES string of the molecule is CCN1CC=C(c2nc3n(CC(=O)Nc4ccc(C(F)(F)F)cc4Cl)c4c(c(=O)n3n2)C2(CCN(C(=O)c3ncccc3O)CC2)OC4)CC1. The molecule has 17 heteroatoms. The standard InChI is InChI=1S/C33H32ClF3N8O5/c1-2-42-12-7-19(8-13-42)28-40-31-44(17-25(47)39-22-6-5-20(16-21(22)34)33(35,36)37)23-18-50-32(26(23)29(48)45(31)41-28)9-14-43(15-10-32)30(49)27-24(46)4-3-11-38-27/h3-7,11,16,46H,2,8-10,12-15,17-18H2,1H3,(H,39,47). The van der Waals surface area contributed by atoms with Crippen LogP contribution in [0.25, 0.3) is 11.4 Å². The third-order valence-electron chi connectivity index (χ3n) is 9.54. The third kappa shape index (κ3) is 6.00. The van der Waals surface area contributed by atoms with Crippen molar-refractivity contribution >= 4 is 40.5 Å². The number of aromatic nitrogens is 5. The molecule has 0 bridgehead atoms. The van der Waals surface area contributed by atoms with Gasteiger partial charge in [0.2, 0.25) is 11.7 Å². The molecule has 0 radical (unpaired) electrons. The van der Waals surface area contributed by atoms with E-state index in [1.54, 1.807) is 4.57 Å². The fourth-order valence-electron chi connectivity index (χ4n) is 6.79. The first-order chi connectivity index (χ1) is 23.9. The molecule has 0 atom stereocenters. The third-order valence-corrected chi connectivity index (χ3v) is 9.85. The lowest BCUT2D eigenvalue weighted by atomic mass is 9.85. The quantitative estimate of drug-likeness (QED) is 0.302. The van der Waals surface area contributed by atoms with Crippen molar-refractivity contribution in [3.05, 3.63) is 86.3 Å². The van der Waals surface area contributed by atoms with Gasteiger partial charge in [-0.25, -0.2) is 4.98 Å². The summed E-state index contributed by atoms with van der Waals surface area (Å²) in [4.78, 5) is 53.4. The maximum absolute atomic E-state index is 14.3. The summed E-state index contributed by atoms with van der Waals surface area (Å²) in [5.74, 6) is -0.858. The lowest BCUT2D eigenvalue weighted by molar-refractivity contribution is -0.137. The second-order valence-electron chi connectivity index (χ2n) is 12.4. The molecule has 0 saturated carbocycles. The van der Waals surface area contributed by atoms with E-state index in [9.17, 15) is 32.7 Å². The normalized spacial score (nSPS) is 17.6. The number of carbonyl (C=O) groups is 2. The number of anilines is 1. The molecule has 2 N–H and O–H groups in total. The van der Waals surface area contributed by atoms with Crippen molar-refractivity contribution in [2.75, 3.05) is 38.0 Å². The van der Waals surface area contributed by atoms with Gasteiger partial charge >= 0.3 is 6.18 Å². The van der Waals surface area contributed by atoms with Crippen LogP contribution >= 0.6 is 11.6 Å². The van der Waals surface area contributed by atoms with Crippen LogP contribution in [0.2, 0.25) is 5.02 Å². The molecule has 50 heavy (non-hydrogen) atoms. The monoisotopic (exact) mass is 712 g/mol. The van der Waals surface area contributed by atoms with E-state index in [1.807, 2.05) is 6.08 Å². The molecule has 13 nitrogen and oxygen atoms in total. The molecular formula is C33H32ClF3N8O5. The Morgan fingerprint density at radius 3 is 2.60 bits per heavy atom. The zero-order valence-corrected chi connectivity index (χ0v) is 27.6. The molecule has 1 saturated heterocycles. The highest BCUT2D eigenvalue weighted by molar-refractivity contribution is 6.33. The van der Waals surface area contributed by atoms with Crippen molar-refractivity contribution in [3.8, 4) is 5.75 Å². The number of amides is 2. The summed E-state index contributed by atoms with van der Waals surface area (Å²) in [5, 5.41) is 17.1. The van der Waals surface area contributed by atoms with Crippen LogP contribution in [0, 0.1) is 0 Å². The zero-order valence-electron chi connectivity index (χ0n) is 26.8. The number of hydrogen-bond acceptors (Lipinski definition) is 9. The van der Waals surface area contributed by atoms with Crippen LogP contribution in [0.1, 0.15) is 59.3 Å². The van der Waals surface area contributed by atoms with E-state index in [4.69, 9.17) is 21.3 Å². The highest BCUT2D eigenvalue weighted by atomic mass is 35.5. The van der Waals surface area contributed by atoms with E-state index in [2.05, 4.69) is 27.2 Å². The summed E-state index contributed by atoms with van der Waals surface area (Å²) < 4.78 is 48.6. The Morgan fingerprint density at radius 1 is 1.16 bits per heavy atom. The molecule has 1 spiro atoms. The topological polar surface area (TPSA) is 147 Å². The Bertz CT molecular complexity index is 2110. The Kier molecular flexibility index (Phi) is 8.64. The van der Waals surface area contributed by atoms with Gasteiger partial charge in [-0.3, -0.25) is 19.3 Å². The van der Waals surface area contributed by atoms with Crippen molar-refractivity contribution in [1.82, 2.24) is 33.9 Å². The Hall–Kier alpha value is -4.80.